The van der Waals surface area contributed by atoms with E-state index in [-0.39, 0.29) is 41.3 Å². The predicted molar refractivity (Wildman–Crippen MR) is 161 cm³/mol. The Bertz CT molecular complexity index is 1520. The molecule has 0 aromatic heterocycles. The number of hydrogen-bond donors (Lipinski definition) is 3. The first kappa shape index (κ1) is 31.5. The zero-order chi connectivity index (χ0) is 30.8. The van der Waals surface area contributed by atoms with Crippen molar-refractivity contribution in [3.8, 4) is 0 Å². The van der Waals surface area contributed by atoms with Gasteiger partial charge in [-0.15, -0.1) is 0 Å². The number of nitrogens with two attached hydrogens (primary N) is 1. The summed E-state index contributed by atoms with van der Waals surface area (Å²) in [7, 11) is -3.64. The predicted octanol–water partition coefficient (Wildman–Crippen LogP) is 4.83. The number of hydrogen-bond acceptors (Lipinski definition) is 6. The summed E-state index contributed by atoms with van der Waals surface area (Å²) in [4.78, 5) is 19.8. The molecule has 4 aliphatic rings. The van der Waals surface area contributed by atoms with E-state index in [2.05, 4.69) is 15.6 Å². The normalized spacial score (nSPS) is 24.9. The molecule has 0 radical (unpaired) electrons. The molecule has 232 valence electrons. The molecule has 0 saturated heterocycles. The molecule has 2 aliphatic carbocycles. The highest BCUT2D eigenvalue weighted by Gasteiger charge is 2.43. The number of alkyl halides is 3. The number of allylic oxidation sites excluding steroid dienone is 5. The maximum atomic E-state index is 13.8. The molecule has 1 aromatic carbocycles. The van der Waals surface area contributed by atoms with Crippen LogP contribution in [0.2, 0.25) is 0 Å². The molecule has 0 bridgehead atoms. The number of nitrogens with one attached hydrogen (secondary N) is 2. The van der Waals surface area contributed by atoms with Gasteiger partial charge < -0.3 is 10.6 Å². The number of aliphatic imine (C=N–C) groups is 1. The van der Waals surface area contributed by atoms with Crippen molar-refractivity contribution in [2.45, 2.75) is 50.7 Å². The molecule has 43 heavy (non-hydrogen) atoms. The zero-order valence-corrected chi connectivity index (χ0v) is 25.1. The van der Waals surface area contributed by atoms with Crippen molar-refractivity contribution in [1.82, 2.24) is 15.5 Å². The third kappa shape index (κ3) is 7.78. The van der Waals surface area contributed by atoms with Gasteiger partial charge in [0.1, 0.15) is 5.84 Å². The molecule has 0 spiro atoms. The van der Waals surface area contributed by atoms with Gasteiger partial charge in [-0.25, -0.2) is 13.6 Å². The van der Waals surface area contributed by atoms with Crippen molar-refractivity contribution < 1.29 is 26.4 Å². The fraction of sp³-hybridized carbons (Fsp3) is 0.467. The zero-order valence-electron chi connectivity index (χ0n) is 23.5. The van der Waals surface area contributed by atoms with Crippen LogP contribution in [0, 0.1) is 11.8 Å². The van der Waals surface area contributed by atoms with Crippen molar-refractivity contribution >= 4 is 38.9 Å². The fourth-order valence-electron chi connectivity index (χ4n) is 6.11. The van der Waals surface area contributed by atoms with Gasteiger partial charge in [0.05, 0.1) is 23.4 Å². The third-order valence-electron chi connectivity index (χ3n) is 8.51. The Hall–Kier alpha value is -2.93. The van der Waals surface area contributed by atoms with Crippen molar-refractivity contribution in [3.63, 3.8) is 0 Å². The van der Waals surface area contributed by atoms with E-state index >= 15 is 0 Å². The quantitative estimate of drug-likeness (QED) is 0.378. The number of sulfonamides is 1. The van der Waals surface area contributed by atoms with Crippen LogP contribution in [-0.2, 0) is 10.0 Å². The molecule has 2 aliphatic heterocycles. The Kier molecular flexibility index (Phi) is 9.50. The number of nitrogens with zero attached hydrogens (tertiary/aromatic N) is 2. The lowest BCUT2D eigenvalue weighted by Crippen LogP contribution is -2.53. The Morgan fingerprint density at radius 2 is 2.05 bits per heavy atom. The first-order valence-corrected chi connectivity index (χ1v) is 16.3. The van der Waals surface area contributed by atoms with Crippen molar-refractivity contribution in [1.29, 1.82) is 0 Å². The van der Waals surface area contributed by atoms with Crippen LogP contribution < -0.4 is 15.8 Å². The molecule has 1 aromatic rings. The second-order valence-electron chi connectivity index (χ2n) is 11.4. The smallest absolute Gasteiger partial charge is 0.352 e. The molecule has 3 unspecified atom stereocenters. The van der Waals surface area contributed by atoms with Crippen LogP contribution in [0.15, 0.2) is 69.2 Å². The number of carbonyl (C=O) groups excluding carboxylic acids is 1. The number of rotatable bonds is 8. The minimum absolute atomic E-state index is 0.134. The SMILES string of the molecule is NS(=O)(=O)C1=CCC(CCNC(=O)c2cccc(C3=CNC4=NCCN(CC5=CC(Cl)=CCC5C(F)(F)F)C4C3)c2)CC1. The van der Waals surface area contributed by atoms with Crippen molar-refractivity contribution in [3.05, 3.63) is 75.3 Å². The van der Waals surface area contributed by atoms with Gasteiger partial charge in [0.2, 0.25) is 10.0 Å². The molecule has 4 N–H and O–H groups in total. The largest absolute Gasteiger partial charge is 0.395 e. The van der Waals surface area contributed by atoms with Crippen LogP contribution in [-0.4, -0.2) is 63.5 Å². The lowest BCUT2D eigenvalue weighted by Gasteiger charge is -2.40. The molecular weight excluding hydrogens is 603 g/mol. The van der Waals surface area contributed by atoms with Gasteiger partial charge in [0.15, 0.2) is 0 Å². The Morgan fingerprint density at radius 1 is 1.23 bits per heavy atom. The highest BCUT2D eigenvalue weighted by Crippen LogP contribution is 2.40. The van der Waals surface area contributed by atoms with Crippen LogP contribution in [0.1, 0.15) is 54.4 Å². The van der Waals surface area contributed by atoms with E-state index in [0.717, 1.165) is 23.4 Å². The van der Waals surface area contributed by atoms with Gasteiger partial charge in [-0.2, -0.15) is 13.2 Å². The van der Waals surface area contributed by atoms with E-state index < -0.39 is 22.1 Å². The topological polar surface area (TPSA) is 117 Å². The Balaban J connectivity index is 1.21. The van der Waals surface area contributed by atoms with E-state index in [9.17, 15) is 26.4 Å². The fourth-order valence-corrected chi connectivity index (χ4v) is 7.07. The third-order valence-corrected chi connectivity index (χ3v) is 9.88. The van der Waals surface area contributed by atoms with E-state index in [1.165, 1.54) is 12.2 Å². The van der Waals surface area contributed by atoms with E-state index in [4.69, 9.17) is 16.7 Å². The second kappa shape index (κ2) is 13.0. The maximum Gasteiger partial charge on any atom is 0.395 e. The molecule has 13 heteroatoms. The van der Waals surface area contributed by atoms with Gasteiger partial charge in [-0.05, 0) is 79.4 Å². The molecule has 0 saturated carbocycles. The van der Waals surface area contributed by atoms with Crippen molar-refractivity contribution in [2.24, 2.45) is 22.0 Å². The number of primary sulfonamides is 1. The number of halogens is 4. The number of amides is 1. The van der Waals surface area contributed by atoms with E-state index in [1.807, 2.05) is 29.3 Å². The molecular formula is C30H35ClF3N5O3S. The number of amidine groups is 1. The lowest BCUT2D eigenvalue weighted by molar-refractivity contribution is -0.164. The average Bonchev–Trinajstić information content (AvgIpc) is 2.96. The molecule has 2 heterocycles. The molecule has 3 atom stereocenters. The summed E-state index contributed by atoms with van der Waals surface area (Å²) in [6.07, 6.45) is 4.85. The molecule has 5 rings (SSSR count). The number of carbonyl (C=O) groups is 1. The van der Waals surface area contributed by atoms with Crippen LogP contribution in [0.5, 0.6) is 0 Å². The maximum absolute atomic E-state index is 13.8. The van der Waals surface area contributed by atoms with Crippen LogP contribution in [0.3, 0.4) is 0 Å². The number of benzene rings is 1. The summed E-state index contributed by atoms with van der Waals surface area (Å²) in [6, 6.07) is 7.04. The highest BCUT2D eigenvalue weighted by atomic mass is 35.5. The molecule has 0 fully saturated rings. The minimum Gasteiger partial charge on any atom is -0.352 e. The summed E-state index contributed by atoms with van der Waals surface area (Å²) in [5, 5.41) is 11.7. The Morgan fingerprint density at radius 3 is 2.77 bits per heavy atom. The van der Waals surface area contributed by atoms with E-state index in [1.54, 1.807) is 12.1 Å². The second-order valence-corrected chi connectivity index (χ2v) is 13.4. The van der Waals surface area contributed by atoms with Crippen LogP contribution in [0.4, 0.5) is 13.2 Å². The van der Waals surface area contributed by atoms with E-state index in [0.29, 0.717) is 55.9 Å². The summed E-state index contributed by atoms with van der Waals surface area (Å²) < 4.78 is 64.4. The summed E-state index contributed by atoms with van der Waals surface area (Å²) in [5.74, 6) is -0.781. The first-order chi connectivity index (χ1) is 20.4. The van der Waals surface area contributed by atoms with Gasteiger partial charge in [-0.3, -0.25) is 14.7 Å². The minimum atomic E-state index is -4.35. The van der Waals surface area contributed by atoms with Gasteiger partial charge in [0.25, 0.3) is 5.91 Å². The first-order valence-electron chi connectivity index (χ1n) is 14.4. The van der Waals surface area contributed by atoms with Gasteiger partial charge >= 0.3 is 6.18 Å². The van der Waals surface area contributed by atoms with Gasteiger partial charge in [0, 0.05) is 36.4 Å². The summed E-state index contributed by atoms with van der Waals surface area (Å²) in [5.41, 5.74) is 2.52. The average molecular weight is 638 g/mol. The molecule has 1 amide bonds. The van der Waals surface area contributed by atoms with Gasteiger partial charge in [-0.1, -0.05) is 35.9 Å². The standard InChI is InChI=1S/C30H35ClF3N5O3S/c31-24-6-9-26(30(32,33)34)23(15-24)18-39-13-12-36-28-27(39)16-22(17-38-28)20-2-1-3-21(14-20)29(40)37-11-10-19-4-7-25(8-5-19)43(35,41)42/h1-3,6-7,14-15,17,19,26-27H,4-5,8-13,16,18H2,(H,36,38)(H,37,40)(H2,35,41,42). The summed E-state index contributed by atoms with van der Waals surface area (Å²) in [6.45, 7) is 1.60. The molecule has 8 nitrogen and oxygen atoms in total. The lowest BCUT2D eigenvalue weighted by atomic mass is 9.88. The Labute approximate surface area is 254 Å². The summed E-state index contributed by atoms with van der Waals surface area (Å²) >= 11 is 6.11. The van der Waals surface area contributed by atoms with Crippen LogP contribution in [0.25, 0.3) is 5.57 Å². The highest BCUT2D eigenvalue weighted by molar-refractivity contribution is 7.93. The number of fused-ring (bicyclic) bond motifs is 1. The van der Waals surface area contributed by atoms with Crippen molar-refractivity contribution in [2.75, 3.05) is 26.2 Å². The van der Waals surface area contributed by atoms with Crippen LogP contribution >= 0.6 is 11.6 Å². The monoisotopic (exact) mass is 637 g/mol.